The van der Waals surface area contributed by atoms with Crippen LogP contribution in [0.15, 0.2) is 66.7 Å². The second-order valence-corrected chi connectivity index (χ2v) is 8.68. The molecule has 1 unspecified atom stereocenters. The highest BCUT2D eigenvalue weighted by atomic mass is 19.4. The lowest BCUT2D eigenvalue weighted by molar-refractivity contribution is -0.192. The number of carboxylic acid groups (broad SMARTS) is 2. The number of aliphatic hydroxyl groups is 1. The fraction of sp³-hybridized carbons (Fsp3) is 0.154. The first kappa shape index (κ1) is 28.0. The Morgan fingerprint density at radius 1 is 1.05 bits per heavy atom. The Hall–Kier alpha value is -4.98. The summed E-state index contributed by atoms with van der Waals surface area (Å²) >= 11 is 0. The molecule has 10 nitrogen and oxygen atoms in total. The molecule has 0 saturated carbocycles. The maximum absolute atomic E-state index is 13.8. The van der Waals surface area contributed by atoms with E-state index in [0.717, 1.165) is 4.90 Å². The molecule has 0 fully saturated rings. The predicted octanol–water partition coefficient (Wildman–Crippen LogP) is 4.30. The van der Waals surface area contributed by atoms with Crippen LogP contribution in [0.5, 0.6) is 0 Å². The van der Waals surface area contributed by atoms with Crippen molar-refractivity contribution in [2.75, 3.05) is 11.9 Å². The van der Waals surface area contributed by atoms with Gasteiger partial charge in [-0.15, -0.1) is 0 Å². The number of hydrogen-bond acceptors (Lipinski definition) is 5. The number of nitrogens with one attached hydrogen (secondary N) is 1. The fourth-order valence-corrected chi connectivity index (χ4v) is 4.19. The Labute approximate surface area is 222 Å². The lowest BCUT2D eigenvalue weighted by Gasteiger charge is -2.35. The average Bonchev–Trinajstić information content (AvgIpc) is 3.42. The Morgan fingerprint density at radius 3 is 2.35 bits per heavy atom. The topological polar surface area (TPSA) is 147 Å². The number of imidazole rings is 1. The zero-order valence-corrected chi connectivity index (χ0v) is 20.5. The van der Waals surface area contributed by atoms with Crippen molar-refractivity contribution in [1.29, 1.82) is 0 Å². The maximum atomic E-state index is 13.8. The smallest absolute Gasteiger partial charge is 0.475 e. The lowest BCUT2D eigenvalue weighted by atomic mass is 9.93. The molecule has 0 radical (unpaired) electrons. The van der Waals surface area contributed by atoms with Crippen LogP contribution in [-0.2, 0) is 17.1 Å². The van der Waals surface area contributed by atoms with E-state index in [2.05, 4.69) is 9.97 Å². The zero-order chi connectivity index (χ0) is 29.4. The Kier molecular flexibility index (Phi) is 7.22. The summed E-state index contributed by atoms with van der Waals surface area (Å²) in [5.41, 5.74) is 0.852. The minimum atomic E-state index is -5.08. The van der Waals surface area contributed by atoms with Gasteiger partial charge in [0.25, 0.3) is 5.91 Å². The normalized spacial score (nSPS) is 16.4. The zero-order valence-electron chi connectivity index (χ0n) is 20.5. The van der Waals surface area contributed by atoms with Gasteiger partial charge in [-0.05, 0) is 35.9 Å². The molecule has 0 saturated heterocycles. The quantitative estimate of drug-likeness (QED) is 0.272. The van der Waals surface area contributed by atoms with Gasteiger partial charge in [-0.25, -0.2) is 19.0 Å². The molecule has 208 valence electrons. The first-order chi connectivity index (χ1) is 18.7. The number of benzene rings is 3. The molecule has 1 aliphatic heterocycles. The van der Waals surface area contributed by atoms with E-state index >= 15 is 0 Å². The molecule has 1 aromatic heterocycles. The monoisotopic (exact) mass is 560 g/mol. The predicted molar refractivity (Wildman–Crippen MR) is 132 cm³/mol. The molecular weight excluding hydrogens is 540 g/mol. The molecule has 4 aromatic rings. The molecule has 4 N–H and O–H groups in total. The maximum Gasteiger partial charge on any atom is 0.490 e. The van der Waals surface area contributed by atoms with E-state index < -0.39 is 29.8 Å². The summed E-state index contributed by atoms with van der Waals surface area (Å²) in [5.74, 6) is -3.45. The molecule has 2 heterocycles. The number of nitrogens with zero attached hydrogens (tertiary/aromatic N) is 3. The van der Waals surface area contributed by atoms with Gasteiger partial charge in [0.2, 0.25) is 5.95 Å². The minimum absolute atomic E-state index is 0.0181. The van der Waals surface area contributed by atoms with Crippen LogP contribution in [0.3, 0.4) is 0 Å². The summed E-state index contributed by atoms with van der Waals surface area (Å²) in [6.45, 7) is -0.0181. The Balaban J connectivity index is 0.000000470. The SMILES string of the molecule is CN(C(=O)O)c1nc2ccc(C3(O)c4ccccc4C(=O)N3Cc3cccc(F)c3)cc2[nH]1.O=C(O)C(F)(F)F. The molecular formula is C26H20F4N4O6. The van der Waals surface area contributed by atoms with Gasteiger partial charge >= 0.3 is 18.2 Å². The molecule has 1 atom stereocenters. The van der Waals surface area contributed by atoms with Gasteiger partial charge in [-0.3, -0.25) is 14.6 Å². The third kappa shape index (κ3) is 5.16. The van der Waals surface area contributed by atoms with E-state index in [1.54, 1.807) is 54.6 Å². The first-order valence-electron chi connectivity index (χ1n) is 11.4. The van der Waals surface area contributed by atoms with E-state index in [0.29, 0.717) is 33.3 Å². The van der Waals surface area contributed by atoms with Crippen molar-refractivity contribution in [3.63, 3.8) is 0 Å². The van der Waals surface area contributed by atoms with Gasteiger partial charge in [-0.2, -0.15) is 13.2 Å². The van der Waals surface area contributed by atoms with Crippen molar-refractivity contribution >= 4 is 35.0 Å². The van der Waals surface area contributed by atoms with Crippen LogP contribution < -0.4 is 4.90 Å². The number of hydrogen-bond donors (Lipinski definition) is 4. The van der Waals surface area contributed by atoms with Gasteiger partial charge in [0, 0.05) is 30.3 Å². The number of aliphatic carboxylic acids is 1. The molecule has 1 aliphatic rings. The number of rotatable bonds is 4. The van der Waals surface area contributed by atoms with Crippen molar-refractivity contribution < 1.29 is 47.3 Å². The van der Waals surface area contributed by atoms with E-state index in [4.69, 9.17) is 9.90 Å². The van der Waals surface area contributed by atoms with Crippen LogP contribution in [0.2, 0.25) is 0 Å². The Morgan fingerprint density at radius 2 is 1.73 bits per heavy atom. The summed E-state index contributed by atoms with van der Waals surface area (Å²) in [5, 5.41) is 28.4. The Bertz CT molecular complexity index is 1620. The summed E-state index contributed by atoms with van der Waals surface area (Å²) in [4.78, 5) is 42.9. The highest BCUT2D eigenvalue weighted by molar-refractivity contribution is 6.00. The number of anilines is 1. The molecule has 14 heteroatoms. The van der Waals surface area contributed by atoms with Crippen molar-refractivity contribution in [1.82, 2.24) is 14.9 Å². The van der Waals surface area contributed by atoms with Crippen LogP contribution in [0.4, 0.5) is 28.3 Å². The van der Waals surface area contributed by atoms with E-state index in [9.17, 15) is 37.4 Å². The third-order valence-corrected chi connectivity index (χ3v) is 6.12. The minimum Gasteiger partial charge on any atom is -0.475 e. The standard InChI is InChI=1S/C24H19FN4O4.C2HF3O2/c1-28(23(31)32)22-26-19-10-9-15(12-20(19)27-22)24(33)18-8-3-2-7-17(18)21(30)29(24)13-14-5-4-6-16(25)11-14;3-2(4,5)1(6)7/h2-12,33H,13H2,1H3,(H,26,27)(H,31,32);(H,6,7). The number of aromatic amines is 1. The average molecular weight is 560 g/mol. The highest BCUT2D eigenvalue weighted by Crippen LogP contribution is 2.43. The number of carbonyl (C=O) groups is 3. The van der Waals surface area contributed by atoms with Crippen LogP contribution in [0.1, 0.15) is 27.0 Å². The molecule has 0 aliphatic carbocycles. The number of amides is 2. The number of H-pyrrole nitrogens is 1. The highest BCUT2D eigenvalue weighted by Gasteiger charge is 2.49. The van der Waals surface area contributed by atoms with Crippen LogP contribution in [0, 0.1) is 5.82 Å². The number of carbonyl (C=O) groups excluding carboxylic acids is 1. The molecule has 3 aromatic carbocycles. The van der Waals surface area contributed by atoms with Gasteiger partial charge in [0.15, 0.2) is 5.72 Å². The third-order valence-electron chi connectivity index (χ3n) is 6.12. The van der Waals surface area contributed by atoms with Gasteiger partial charge in [0.05, 0.1) is 11.0 Å². The summed E-state index contributed by atoms with van der Waals surface area (Å²) in [6, 6.07) is 17.6. The summed E-state index contributed by atoms with van der Waals surface area (Å²) in [6.07, 6.45) is -6.26. The van der Waals surface area contributed by atoms with Crippen molar-refractivity contribution in [2.24, 2.45) is 0 Å². The van der Waals surface area contributed by atoms with Gasteiger partial charge in [-0.1, -0.05) is 36.4 Å². The van der Waals surface area contributed by atoms with E-state index in [-0.39, 0.29) is 18.4 Å². The molecule has 0 spiro atoms. The second-order valence-electron chi connectivity index (χ2n) is 8.68. The molecule has 2 amide bonds. The van der Waals surface area contributed by atoms with Crippen molar-refractivity contribution in [2.45, 2.75) is 18.4 Å². The number of alkyl halides is 3. The lowest BCUT2D eigenvalue weighted by Crippen LogP contribution is -2.44. The first-order valence-corrected chi connectivity index (χ1v) is 11.4. The summed E-state index contributed by atoms with van der Waals surface area (Å²) in [7, 11) is 1.36. The number of fused-ring (bicyclic) bond motifs is 2. The van der Waals surface area contributed by atoms with Gasteiger partial charge in [0.1, 0.15) is 5.82 Å². The van der Waals surface area contributed by atoms with Crippen LogP contribution in [-0.4, -0.2) is 61.4 Å². The second kappa shape index (κ2) is 10.3. The summed E-state index contributed by atoms with van der Waals surface area (Å²) < 4.78 is 45.5. The van der Waals surface area contributed by atoms with Crippen LogP contribution >= 0.6 is 0 Å². The number of halogens is 4. The molecule has 0 bridgehead atoms. The van der Waals surface area contributed by atoms with Gasteiger partial charge < -0.3 is 20.3 Å². The largest absolute Gasteiger partial charge is 0.490 e. The number of aromatic nitrogens is 2. The fourth-order valence-electron chi connectivity index (χ4n) is 4.19. The number of carboxylic acids is 1. The molecule has 5 rings (SSSR count). The van der Waals surface area contributed by atoms with E-state index in [1.807, 2.05) is 0 Å². The molecule has 40 heavy (non-hydrogen) atoms. The van der Waals surface area contributed by atoms with Crippen molar-refractivity contribution in [3.05, 3.63) is 94.8 Å². The van der Waals surface area contributed by atoms with Crippen molar-refractivity contribution in [3.8, 4) is 0 Å². The van der Waals surface area contributed by atoms with Crippen LogP contribution in [0.25, 0.3) is 11.0 Å². The van der Waals surface area contributed by atoms with E-state index in [1.165, 1.54) is 24.1 Å².